The van der Waals surface area contributed by atoms with Gasteiger partial charge in [0, 0.05) is 17.6 Å². The quantitative estimate of drug-likeness (QED) is 0.623. The summed E-state index contributed by atoms with van der Waals surface area (Å²) in [5.74, 6) is 0. The van der Waals surface area contributed by atoms with Crippen LogP contribution in [0.15, 0.2) is 66.7 Å². The van der Waals surface area contributed by atoms with Crippen LogP contribution >= 0.6 is 12.2 Å². The lowest BCUT2D eigenvalue weighted by molar-refractivity contribution is 1.07. The Morgan fingerprint density at radius 3 is 2.33 bits per heavy atom. The standard InChI is InChI=1S/C21H22N2S/c1-3-16-12-14-18(15-13-16)22-21(24)23(4-2)20-11-7-9-17-8-5-6-10-19(17)20/h5-15H,3-4H2,1-2H3,(H,22,24). The van der Waals surface area contributed by atoms with E-state index in [0.717, 1.165) is 29.5 Å². The minimum absolute atomic E-state index is 0.720. The highest BCUT2D eigenvalue weighted by atomic mass is 32.1. The molecular weight excluding hydrogens is 312 g/mol. The summed E-state index contributed by atoms with van der Waals surface area (Å²) in [7, 11) is 0. The van der Waals surface area contributed by atoms with Crippen molar-refractivity contribution in [1.29, 1.82) is 0 Å². The molecule has 0 atom stereocenters. The van der Waals surface area contributed by atoms with E-state index in [1.165, 1.54) is 16.3 Å². The maximum atomic E-state index is 5.68. The monoisotopic (exact) mass is 334 g/mol. The Kier molecular flexibility index (Phi) is 5.11. The molecule has 122 valence electrons. The molecule has 0 heterocycles. The van der Waals surface area contributed by atoms with E-state index in [1.54, 1.807) is 0 Å². The first-order chi connectivity index (χ1) is 11.7. The van der Waals surface area contributed by atoms with Crippen LogP contribution in [0.25, 0.3) is 10.8 Å². The van der Waals surface area contributed by atoms with Crippen molar-refractivity contribution in [2.45, 2.75) is 20.3 Å². The van der Waals surface area contributed by atoms with Crippen molar-refractivity contribution in [1.82, 2.24) is 0 Å². The summed E-state index contributed by atoms with van der Waals surface area (Å²) >= 11 is 5.68. The Bertz CT molecular complexity index is 835. The molecule has 0 aliphatic carbocycles. The van der Waals surface area contributed by atoms with E-state index in [1.807, 2.05) is 0 Å². The normalized spacial score (nSPS) is 10.6. The van der Waals surface area contributed by atoms with E-state index < -0.39 is 0 Å². The molecule has 0 saturated carbocycles. The lowest BCUT2D eigenvalue weighted by Gasteiger charge is -2.26. The van der Waals surface area contributed by atoms with Crippen molar-refractivity contribution >= 4 is 39.5 Å². The van der Waals surface area contributed by atoms with Crippen molar-refractivity contribution in [3.05, 3.63) is 72.3 Å². The number of hydrogen-bond donors (Lipinski definition) is 1. The number of anilines is 2. The molecule has 0 amide bonds. The second-order valence-corrected chi connectivity index (χ2v) is 6.11. The van der Waals surface area contributed by atoms with Crippen LogP contribution in [0.5, 0.6) is 0 Å². The maximum Gasteiger partial charge on any atom is 0.177 e. The third-order valence-corrected chi connectivity index (χ3v) is 4.55. The first-order valence-electron chi connectivity index (χ1n) is 8.38. The number of rotatable bonds is 4. The molecule has 3 heteroatoms. The smallest absolute Gasteiger partial charge is 0.177 e. The molecule has 24 heavy (non-hydrogen) atoms. The van der Waals surface area contributed by atoms with Crippen molar-refractivity contribution in [3.8, 4) is 0 Å². The fourth-order valence-electron chi connectivity index (χ4n) is 2.88. The van der Waals surface area contributed by atoms with Crippen LogP contribution < -0.4 is 10.2 Å². The molecule has 3 rings (SSSR count). The maximum absolute atomic E-state index is 5.68. The SMILES string of the molecule is CCc1ccc(NC(=S)N(CC)c2cccc3ccccc23)cc1. The van der Waals surface area contributed by atoms with E-state index in [2.05, 4.69) is 90.8 Å². The summed E-state index contributed by atoms with van der Waals surface area (Å²) in [6.45, 7) is 5.09. The van der Waals surface area contributed by atoms with Crippen LogP contribution in [0.4, 0.5) is 11.4 Å². The van der Waals surface area contributed by atoms with Gasteiger partial charge >= 0.3 is 0 Å². The summed E-state index contributed by atoms with van der Waals surface area (Å²) < 4.78 is 0. The molecule has 0 aliphatic heterocycles. The first kappa shape index (κ1) is 16.5. The van der Waals surface area contributed by atoms with Gasteiger partial charge in [-0.15, -0.1) is 0 Å². The van der Waals surface area contributed by atoms with Gasteiger partial charge in [-0.3, -0.25) is 0 Å². The zero-order chi connectivity index (χ0) is 16.9. The Balaban J connectivity index is 1.88. The van der Waals surface area contributed by atoms with Crippen LogP contribution in [-0.2, 0) is 6.42 Å². The third-order valence-electron chi connectivity index (χ3n) is 4.23. The first-order valence-corrected chi connectivity index (χ1v) is 8.79. The fraction of sp³-hybridized carbons (Fsp3) is 0.190. The highest BCUT2D eigenvalue weighted by Gasteiger charge is 2.13. The molecule has 0 aromatic heterocycles. The lowest BCUT2D eigenvalue weighted by atomic mass is 10.1. The van der Waals surface area contributed by atoms with E-state index in [9.17, 15) is 0 Å². The van der Waals surface area contributed by atoms with Gasteiger partial charge in [0.25, 0.3) is 0 Å². The highest BCUT2D eigenvalue weighted by molar-refractivity contribution is 7.80. The molecular formula is C21H22N2S. The number of benzene rings is 3. The highest BCUT2D eigenvalue weighted by Crippen LogP contribution is 2.27. The topological polar surface area (TPSA) is 15.3 Å². The van der Waals surface area contributed by atoms with E-state index >= 15 is 0 Å². The van der Waals surface area contributed by atoms with Crippen molar-refractivity contribution in [3.63, 3.8) is 0 Å². The van der Waals surface area contributed by atoms with Crippen molar-refractivity contribution in [2.75, 3.05) is 16.8 Å². The predicted molar refractivity (Wildman–Crippen MR) is 109 cm³/mol. The Labute approximate surface area is 149 Å². The summed E-state index contributed by atoms with van der Waals surface area (Å²) in [6.07, 6.45) is 1.04. The number of fused-ring (bicyclic) bond motifs is 1. The minimum atomic E-state index is 0.720. The second-order valence-electron chi connectivity index (χ2n) is 5.72. The lowest BCUT2D eigenvalue weighted by Crippen LogP contribution is -2.34. The van der Waals surface area contributed by atoms with Crippen LogP contribution in [0.1, 0.15) is 19.4 Å². The van der Waals surface area contributed by atoms with Gasteiger partial charge in [-0.1, -0.05) is 55.5 Å². The van der Waals surface area contributed by atoms with Crippen LogP contribution in [0.2, 0.25) is 0 Å². The number of hydrogen-bond acceptors (Lipinski definition) is 1. The molecule has 0 saturated heterocycles. The number of nitrogens with one attached hydrogen (secondary N) is 1. The summed E-state index contributed by atoms with van der Waals surface area (Å²) in [5, 5.41) is 6.53. The summed E-state index contributed by atoms with van der Waals surface area (Å²) in [4.78, 5) is 2.14. The number of aryl methyl sites for hydroxylation is 1. The van der Waals surface area contributed by atoms with Gasteiger partial charge in [-0.25, -0.2) is 0 Å². The van der Waals surface area contributed by atoms with Gasteiger partial charge < -0.3 is 10.2 Å². The van der Waals surface area contributed by atoms with Gasteiger partial charge in [0.2, 0.25) is 0 Å². The van der Waals surface area contributed by atoms with E-state index in [4.69, 9.17) is 12.2 Å². The van der Waals surface area contributed by atoms with Gasteiger partial charge in [0.05, 0.1) is 5.69 Å². The molecule has 0 bridgehead atoms. The summed E-state index contributed by atoms with van der Waals surface area (Å²) in [6, 6.07) is 23.2. The molecule has 0 fully saturated rings. The van der Waals surface area contributed by atoms with Crippen LogP contribution in [-0.4, -0.2) is 11.7 Å². The van der Waals surface area contributed by atoms with Crippen molar-refractivity contribution in [2.24, 2.45) is 0 Å². The zero-order valence-electron chi connectivity index (χ0n) is 14.1. The zero-order valence-corrected chi connectivity index (χ0v) is 14.9. The van der Waals surface area contributed by atoms with Crippen LogP contribution in [0, 0.1) is 0 Å². The predicted octanol–water partition coefficient (Wildman–Crippen LogP) is 5.63. The number of nitrogens with zero attached hydrogens (tertiary/aromatic N) is 1. The van der Waals surface area contributed by atoms with Gasteiger partial charge in [-0.2, -0.15) is 0 Å². The average Bonchev–Trinajstić information content (AvgIpc) is 2.63. The van der Waals surface area contributed by atoms with Gasteiger partial charge in [0.1, 0.15) is 0 Å². The Hall–Kier alpha value is -2.39. The van der Waals surface area contributed by atoms with E-state index in [-0.39, 0.29) is 0 Å². The average molecular weight is 334 g/mol. The fourth-order valence-corrected chi connectivity index (χ4v) is 3.23. The number of thiocarbonyl (C=S) groups is 1. The molecule has 3 aromatic rings. The molecule has 1 N–H and O–H groups in total. The largest absolute Gasteiger partial charge is 0.332 e. The molecule has 2 nitrogen and oxygen atoms in total. The summed E-state index contributed by atoms with van der Waals surface area (Å²) in [5.41, 5.74) is 3.49. The minimum Gasteiger partial charge on any atom is -0.332 e. The molecule has 0 aliphatic rings. The second kappa shape index (κ2) is 7.45. The van der Waals surface area contributed by atoms with Crippen molar-refractivity contribution < 1.29 is 0 Å². The van der Waals surface area contributed by atoms with E-state index in [0.29, 0.717) is 0 Å². The van der Waals surface area contributed by atoms with Gasteiger partial charge in [-0.05, 0) is 54.7 Å². The molecule has 0 radical (unpaired) electrons. The van der Waals surface area contributed by atoms with Crippen LogP contribution in [0.3, 0.4) is 0 Å². The molecule has 0 unspecified atom stereocenters. The Morgan fingerprint density at radius 1 is 0.917 bits per heavy atom. The van der Waals surface area contributed by atoms with Gasteiger partial charge in [0.15, 0.2) is 5.11 Å². The Morgan fingerprint density at radius 2 is 1.62 bits per heavy atom. The molecule has 0 spiro atoms. The molecule has 3 aromatic carbocycles. The third kappa shape index (κ3) is 3.41.